The molecule has 2 N–H and O–H groups in total. The topological polar surface area (TPSA) is 124 Å². The fourth-order valence-electron chi connectivity index (χ4n) is 3.29. The molecule has 0 unspecified atom stereocenters. The number of ether oxygens (including phenoxy) is 1. The molecule has 0 bridgehead atoms. The third-order valence-corrected chi connectivity index (χ3v) is 6.81. The molecule has 1 saturated heterocycles. The minimum atomic E-state index is -3.68. The van der Waals surface area contributed by atoms with Gasteiger partial charge in [0.25, 0.3) is 5.56 Å². The van der Waals surface area contributed by atoms with Gasteiger partial charge in [-0.3, -0.25) is 9.89 Å². The molecule has 10 nitrogen and oxygen atoms in total. The van der Waals surface area contributed by atoms with Gasteiger partial charge in [0.2, 0.25) is 10.0 Å². The van der Waals surface area contributed by atoms with Gasteiger partial charge < -0.3 is 14.6 Å². The Morgan fingerprint density at radius 3 is 2.69 bits per heavy atom. The standard InChI is InChI=1S/C18H22N6O4S/c1-3-28-15-5-4-12(29(26,27)24-8-6-23(2)7-9-24)10-13(15)17-20-14-11-19-22-16(14)18(25)21-17/h4-5,10-11H,3,6-9H2,1-2H3,(H,19,22)(H,20,21,25). The number of nitrogens with zero attached hydrogens (tertiary/aromatic N) is 4. The normalized spacial score (nSPS) is 16.3. The van der Waals surface area contributed by atoms with Crippen LogP contribution in [0.15, 0.2) is 34.1 Å². The van der Waals surface area contributed by atoms with E-state index in [4.69, 9.17) is 4.74 Å². The van der Waals surface area contributed by atoms with Gasteiger partial charge in [0, 0.05) is 26.2 Å². The number of fused-ring (bicyclic) bond motifs is 1. The molecule has 0 aliphatic carbocycles. The molecule has 0 spiro atoms. The number of hydrogen-bond donors (Lipinski definition) is 2. The largest absolute Gasteiger partial charge is 0.493 e. The second kappa shape index (κ2) is 7.58. The lowest BCUT2D eigenvalue weighted by Crippen LogP contribution is -2.47. The van der Waals surface area contributed by atoms with Gasteiger partial charge >= 0.3 is 0 Å². The zero-order valence-corrected chi connectivity index (χ0v) is 17.0. The summed E-state index contributed by atoms with van der Waals surface area (Å²) in [5.74, 6) is 0.665. The van der Waals surface area contributed by atoms with Gasteiger partial charge in [0.1, 0.15) is 22.6 Å². The van der Waals surface area contributed by atoms with Crippen LogP contribution in [-0.2, 0) is 10.0 Å². The summed E-state index contributed by atoms with van der Waals surface area (Å²) in [6.45, 7) is 4.42. The monoisotopic (exact) mass is 418 g/mol. The quantitative estimate of drug-likeness (QED) is 0.623. The first-order valence-electron chi connectivity index (χ1n) is 9.29. The second-order valence-electron chi connectivity index (χ2n) is 6.84. The van der Waals surface area contributed by atoms with Crippen LogP contribution in [-0.4, -0.2) is 77.6 Å². The van der Waals surface area contributed by atoms with E-state index >= 15 is 0 Å². The van der Waals surface area contributed by atoms with Crippen LogP contribution in [0.2, 0.25) is 0 Å². The van der Waals surface area contributed by atoms with E-state index in [1.807, 2.05) is 14.0 Å². The number of sulfonamides is 1. The number of piperazine rings is 1. The van der Waals surface area contributed by atoms with E-state index in [0.717, 1.165) is 0 Å². The summed E-state index contributed by atoms with van der Waals surface area (Å²) in [7, 11) is -1.71. The van der Waals surface area contributed by atoms with Gasteiger partial charge in [-0.05, 0) is 32.2 Å². The summed E-state index contributed by atoms with van der Waals surface area (Å²) >= 11 is 0. The van der Waals surface area contributed by atoms with Crippen molar-refractivity contribution in [3.05, 3.63) is 34.7 Å². The third kappa shape index (κ3) is 3.63. The second-order valence-corrected chi connectivity index (χ2v) is 8.78. The van der Waals surface area contributed by atoms with Crippen molar-refractivity contribution in [1.82, 2.24) is 29.4 Å². The number of aromatic amines is 2. The van der Waals surface area contributed by atoms with E-state index in [0.29, 0.717) is 49.6 Å². The molecule has 2 aromatic heterocycles. The molecule has 0 saturated carbocycles. The molecule has 1 aliphatic rings. The fourth-order valence-corrected chi connectivity index (χ4v) is 4.74. The molecule has 0 radical (unpaired) electrons. The van der Waals surface area contributed by atoms with Crippen molar-refractivity contribution in [3.8, 4) is 17.1 Å². The zero-order chi connectivity index (χ0) is 20.6. The summed E-state index contributed by atoms with van der Waals surface area (Å²) in [6.07, 6.45) is 1.44. The van der Waals surface area contributed by atoms with Gasteiger partial charge in [0.05, 0.1) is 23.3 Å². The van der Waals surface area contributed by atoms with Crippen LogP contribution in [0.1, 0.15) is 6.92 Å². The minimum absolute atomic E-state index is 0.135. The Bertz CT molecular complexity index is 1190. The van der Waals surface area contributed by atoms with Crippen molar-refractivity contribution in [2.75, 3.05) is 39.8 Å². The number of hydrogen-bond acceptors (Lipinski definition) is 7. The van der Waals surface area contributed by atoms with Crippen LogP contribution in [0.5, 0.6) is 5.75 Å². The fraction of sp³-hybridized carbons (Fsp3) is 0.389. The highest BCUT2D eigenvalue weighted by molar-refractivity contribution is 7.89. The third-order valence-electron chi connectivity index (χ3n) is 4.92. The molecule has 1 fully saturated rings. The van der Waals surface area contributed by atoms with E-state index in [-0.39, 0.29) is 16.2 Å². The SMILES string of the molecule is CCOc1ccc(S(=O)(=O)N2CCN(C)CC2)cc1-c1nc2cn[nH]c2c(=O)[nH]1. The number of rotatable bonds is 5. The molecule has 29 heavy (non-hydrogen) atoms. The summed E-state index contributed by atoms with van der Waals surface area (Å²) < 4.78 is 33.4. The van der Waals surface area contributed by atoms with Crippen molar-refractivity contribution in [2.24, 2.45) is 0 Å². The maximum absolute atomic E-state index is 13.1. The van der Waals surface area contributed by atoms with E-state index in [2.05, 4.69) is 25.1 Å². The molecule has 1 aromatic carbocycles. The number of likely N-dealkylation sites (N-methyl/N-ethyl adjacent to an activating group) is 1. The maximum Gasteiger partial charge on any atom is 0.277 e. The number of H-pyrrole nitrogens is 2. The van der Waals surface area contributed by atoms with Crippen LogP contribution in [0, 0.1) is 0 Å². The van der Waals surface area contributed by atoms with Gasteiger partial charge in [-0.25, -0.2) is 13.4 Å². The molecule has 0 amide bonds. The van der Waals surface area contributed by atoms with Crippen LogP contribution < -0.4 is 10.3 Å². The average molecular weight is 418 g/mol. The van der Waals surface area contributed by atoms with Gasteiger partial charge in [-0.2, -0.15) is 9.40 Å². The maximum atomic E-state index is 13.1. The first-order valence-corrected chi connectivity index (χ1v) is 10.7. The number of benzene rings is 1. The lowest BCUT2D eigenvalue weighted by Gasteiger charge is -2.31. The van der Waals surface area contributed by atoms with Gasteiger partial charge in [-0.15, -0.1) is 0 Å². The van der Waals surface area contributed by atoms with Crippen LogP contribution >= 0.6 is 0 Å². The van der Waals surface area contributed by atoms with Crippen LogP contribution in [0.3, 0.4) is 0 Å². The Labute approximate surface area is 167 Å². The smallest absolute Gasteiger partial charge is 0.277 e. The molecule has 3 heterocycles. The van der Waals surface area contributed by atoms with Gasteiger partial charge in [0.15, 0.2) is 0 Å². The summed E-state index contributed by atoms with van der Waals surface area (Å²) in [6, 6.07) is 4.63. The first kappa shape index (κ1) is 19.6. The van der Waals surface area contributed by atoms with Crippen molar-refractivity contribution in [2.45, 2.75) is 11.8 Å². The summed E-state index contributed by atoms with van der Waals surface area (Å²) in [5.41, 5.74) is 0.658. The van der Waals surface area contributed by atoms with E-state index in [1.54, 1.807) is 6.07 Å². The number of nitrogens with one attached hydrogen (secondary N) is 2. The molecule has 1 aliphatic heterocycles. The first-order chi connectivity index (χ1) is 13.9. The van der Waals surface area contributed by atoms with Crippen molar-refractivity contribution in [3.63, 3.8) is 0 Å². The molecular formula is C18H22N6O4S. The summed E-state index contributed by atoms with van der Waals surface area (Å²) in [5, 5.41) is 6.43. The number of aromatic nitrogens is 4. The molecule has 154 valence electrons. The Morgan fingerprint density at radius 2 is 1.97 bits per heavy atom. The molecule has 11 heteroatoms. The lowest BCUT2D eigenvalue weighted by atomic mass is 10.2. The highest BCUT2D eigenvalue weighted by Gasteiger charge is 2.28. The van der Waals surface area contributed by atoms with Crippen molar-refractivity contribution >= 4 is 21.1 Å². The highest BCUT2D eigenvalue weighted by Crippen LogP contribution is 2.31. The van der Waals surface area contributed by atoms with E-state index in [9.17, 15) is 13.2 Å². The Kier molecular flexibility index (Phi) is 5.11. The van der Waals surface area contributed by atoms with Crippen molar-refractivity contribution < 1.29 is 13.2 Å². The summed E-state index contributed by atoms with van der Waals surface area (Å²) in [4.78, 5) is 21.6. The highest BCUT2D eigenvalue weighted by atomic mass is 32.2. The molecular weight excluding hydrogens is 396 g/mol. The Morgan fingerprint density at radius 1 is 1.21 bits per heavy atom. The lowest BCUT2D eigenvalue weighted by molar-refractivity contribution is 0.222. The van der Waals surface area contributed by atoms with Gasteiger partial charge in [-0.1, -0.05) is 0 Å². The Hall–Kier alpha value is -2.76. The van der Waals surface area contributed by atoms with Crippen LogP contribution in [0.4, 0.5) is 0 Å². The van der Waals surface area contributed by atoms with E-state index in [1.165, 1.54) is 22.6 Å². The molecule has 4 rings (SSSR count). The molecule has 0 atom stereocenters. The predicted octanol–water partition coefficient (Wildman–Crippen LogP) is 0.648. The van der Waals surface area contributed by atoms with E-state index < -0.39 is 15.6 Å². The molecule has 3 aromatic rings. The predicted molar refractivity (Wildman–Crippen MR) is 107 cm³/mol. The Balaban J connectivity index is 1.81. The van der Waals surface area contributed by atoms with Crippen molar-refractivity contribution in [1.29, 1.82) is 0 Å². The average Bonchev–Trinajstić information content (AvgIpc) is 3.18. The minimum Gasteiger partial charge on any atom is -0.493 e. The zero-order valence-electron chi connectivity index (χ0n) is 16.2. The van der Waals surface area contributed by atoms with Crippen LogP contribution in [0.25, 0.3) is 22.4 Å².